The zero-order valence-electron chi connectivity index (χ0n) is 4.73. The average molecular weight is 115 g/mol. The molecule has 3 heteroatoms. The summed E-state index contributed by atoms with van der Waals surface area (Å²) in [5, 5.41) is 3.07. The van der Waals surface area contributed by atoms with Crippen molar-refractivity contribution in [1.29, 1.82) is 0 Å². The van der Waals surface area contributed by atoms with Crippen LogP contribution in [0.4, 0.5) is 4.39 Å². The minimum Gasteiger partial charge on any atom is -0.358 e. The normalized spacial score (nSPS) is 9.88. The Hall–Kier alpha value is -0.860. The largest absolute Gasteiger partial charge is 0.358 e. The van der Waals surface area contributed by atoms with Crippen LogP contribution in [0.2, 0.25) is 0 Å². The minimum absolute atomic E-state index is 0.491. The molecule has 0 radical (unpaired) electrons. The average Bonchev–Trinajstić information content (AvgIpc) is 1.98. The van der Waals surface area contributed by atoms with E-state index in [0.717, 1.165) is 0 Å². The predicted octanol–water partition coefficient (Wildman–Crippen LogP) is 1.43. The fourth-order valence-corrected chi connectivity index (χ4v) is 0.391. The van der Waals surface area contributed by atoms with E-state index in [-0.39, 0.29) is 0 Å². The van der Waals surface area contributed by atoms with E-state index in [9.17, 15) is 4.39 Å². The molecule has 8 heavy (non-hydrogen) atoms. The number of hydrogen-bond acceptors (Lipinski definition) is 2. The molecule has 0 saturated heterocycles. The van der Waals surface area contributed by atoms with Crippen molar-refractivity contribution in [3.05, 3.63) is 17.3 Å². The Kier molecular flexibility index (Phi) is 1.04. The number of rotatable bonds is 0. The molecule has 0 amide bonds. The molecule has 1 aromatic heterocycles. The van der Waals surface area contributed by atoms with Crippen LogP contribution in [0.1, 0.15) is 11.3 Å². The topological polar surface area (TPSA) is 26.0 Å². The number of aromatic nitrogens is 1. The number of halogens is 1. The summed E-state index contributed by atoms with van der Waals surface area (Å²) in [6, 6.07) is 0. The van der Waals surface area contributed by atoms with Crippen LogP contribution in [0.3, 0.4) is 0 Å². The van der Waals surface area contributed by atoms with Gasteiger partial charge in [-0.25, -0.2) is 0 Å². The van der Waals surface area contributed by atoms with Gasteiger partial charge in [-0.3, -0.25) is 0 Å². The van der Waals surface area contributed by atoms with Crippen molar-refractivity contribution in [2.45, 2.75) is 13.8 Å². The molecule has 0 unspecified atom stereocenters. The smallest absolute Gasteiger partial charge is 0.256 e. The lowest BCUT2D eigenvalue weighted by atomic mass is 10.3. The van der Waals surface area contributed by atoms with Crippen LogP contribution in [0.25, 0.3) is 0 Å². The lowest BCUT2D eigenvalue weighted by Gasteiger charge is -1.77. The van der Waals surface area contributed by atoms with E-state index in [0.29, 0.717) is 11.3 Å². The van der Waals surface area contributed by atoms with Gasteiger partial charge in [0.2, 0.25) is 0 Å². The fourth-order valence-electron chi connectivity index (χ4n) is 0.391. The summed E-state index contributed by atoms with van der Waals surface area (Å²) >= 11 is 0. The van der Waals surface area contributed by atoms with E-state index in [4.69, 9.17) is 0 Å². The Morgan fingerprint density at radius 2 is 2.12 bits per heavy atom. The lowest BCUT2D eigenvalue weighted by molar-refractivity contribution is 0.360. The molecule has 0 aliphatic heterocycles. The Labute approximate surface area is 46.3 Å². The van der Waals surface area contributed by atoms with E-state index in [1.165, 1.54) is 0 Å². The van der Waals surface area contributed by atoms with Gasteiger partial charge < -0.3 is 4.52 Å². The summed E-state index contributed by atoms with van der Waals surface area (Å²) in [5.74, 6) is 0.0324. The van der Waals surface area contributed by atoms with Crippen LogP contribution < -0.4 is 0 Å². The summed E-state index contributed by atoms with van der Waals surface area (Å²) in [7, 11) is 0. The Morgan fingerprint density at radius 1 is 1.50 bits per heavy atom. The van der Waals surface area contributed by atoms with Gasteiger partial charge in [-0.1, -0.05) is 0 Å². The molecule has 1 rings (SSSR count). The van der Waals surface area contributed by atoms with Crippen molar-refractivity contribution < 1.29 is 8.91 Å². The minimum atomic E-state index is -0.512. The van der Waals surface area contributed by atoms with E-state index in [2.05, 4.69) is 9.68 Å². The molecule has 0 N–H and O–H groups in total. The van der Waals surface area contributed by atoms with Crippen molar-refractivity contribution in [2.24, 2.45) is 0 Å². The molecule has 0 fully saturated rings. The first-order valence-corrected chi connectivity index (χ1v) is 2.30. The van der Waals surface area contributed by atoms with Gasteiger partial charge in [0.15, 0.2) is 0 Å². The monoisotopic (exact) mass is 115 g/mol. The highest BCUT2D eigenvalue weighted by Crippen LogP contribution is 2.07. The van der Waals surface area contributed by atoms with Gasteiger partial charge in [-0.05, 0) is 19.0 Å². The molecule has 0 atom stereocenters. The highest BCUT2D eigenvalue weighted by atomic mass is 19.1. The molecule has 0 aromatic carbocycles. The number of aryl methyl sites for hydroxylation is 1. The van der Waals surface area contributed by atoms with Crippen molar-refractivity contribution in [1.82, 2.24) is 5.16 Å². The third-order valence-electron chi connectivity index (χ3n) is 1.10. The van der Waals surface area contributed by atoms with Gasteiger partial charge in [0.1, 0.15) is 5.76 Å². The Bertz CT molecular complexity index is 175. The number of hydrogen-bond donors (Lipinski definition) is 0. The predicted molar refractivity (Wildman–Crippen MR) is 25.9 cm³/mol. The van der Waals surface area contributed by atoms with Gasteiger partial charge in [0.05, 0.1) is 0 Å². The van der Waals surface area contributed by atoms with Crippen LogP contribution in [-0.4, -0.2) is 5.16 Å². The summed E-state index contributed by atoms with van der Waals surface area (Å²) < 4.78 is 16.6. The van der Waals surface area contributed by atoms with Crippen LogP contribution >= 0.6 is 0 Å². The molecule has 0 spiro atoms. The summed E-state index contributed by atoms with van der Waals surface area (Å²) in [6.07, 6.45) is 0. The van der Waals surface area contributed by atoms with Gasteiger partial charge in [-0.15, -0.1) is 0 Å². The van der Waals surface area contributed by atoms with Crippen LogP contribution in [-0.2, 0) is 0 Å². The fraction of sp³-hybridized carbons (Fsp3) is 0.400. The molecular weight excluding hydrogens is 109 g/mol. The van der Waals surface area contributed by atoms with Crippen molar-refractivity contribution in [3.8, 4) is 0 Å². The lowest BCUT2D eigenvalue weighted by Crippen LogP contribution is -1.74. The first kappa shape index (κ1) is 5.28. The number of nitrogens with zero attached hydrogens (tertiary/aromatic N) is 1. The Morgan fingerprint density at radius 3 is 2.25 bits per heavy atom. The van der Waals surface area contributed by atoms with Crippen LogP contribution in [0.15, 0.2) is 4.52 Å². The second kappa shape index (κ2) is 1.58. The zero-order valence-corrected chi connectivity index (χ0v) is 4.73. The quantitative estimate of drug-likeness (QED) is 0.511. The van der Waals surface area contributed by atoms with Crippen molar-refractivity contribution >= 4 is 0 Å². The van der Waals surface area contributed by atoms with E-state index in [1.54, 1.807) is 13.8 Å². The van der Waals surface area contributed by atoms with Gasteiger partial charge in [-0.2, -0.15) is 4.39 Å². The first-order chi connectivity index (χ1) is 3.72. The first-order valence-electron chi connectivity index (χ1n) is 2.30. The molecule has 2 nitrogen and oxygen atoms in total. The molecule has 0 bridgehead atoms. The van der Waals surface area contributed by atoms with E-state index in [1.807, 2.05) is 0 Å². The SMILES string of the molecule is Cc1onc(F)c1C. The molecule has 0 aliphatic carbocycles. The Balaban J connectivity index is 3.19. The highest BCUT2D eigenvalue weighted by molar-refractivity contribution is 5.09. The van der Waals surface area contributed by atoms with Gasteiger partial charge in [0, 0.05) is 5.56 Å². The summed E-state index contributed by atoms with van der Waals surface area (Å²) in [6.45, 7) is 3.30. The maximum atomic E-state index is 12.1. The van der Waals surface area contributed by atoms with Gasteiger partial charge in [0.25, 0.3) is 5.95 Å². The molecule has 1 aromatic rings. The van der Waals surface area contributed by atoms with E-state index < -0.39 is 5.95 Å². The molecule has 0 saturated carbocycles. The highest BCUT2D eigenvalue weighted by Gasteiger charge is 2.04. The van der Waals surface area contributed by atoms with Crippen LogP contribution in [0.5, 0.6) is 0 Å². The summed E-state index contributed by atoms with van der Waals surface area (Å²) in [5.41, 5.74) is 0.491. The third-order valence-corrected chi connectivity index (χ3v) is 1.10. The maximum Gasteiger partial charge on any atom is 0.256 e. The molecular formula is C5H6FNO. The van der Waals surface area contributed by atoms with Crippen LogP contribution in [0, 0.1) is 19.8 Å². The summed E-state index contributed by atoms with van der Waals surface area (Å²) in [4.78, 5) is 0. The standard InChI is InChI=1S/C5H6FNO/c1-3-4(2)8-7-5(3)6/h1-2H3. The molecule has 0 aliphatic rings. The second-order valence-electron chi connectivity index (χ2n) is 1.65. The molecule has 1 heterocycles. The second-order valence-corrected chi connectivity index (χ2v) is 1.65. The van der Waals surface area contributed by atoms with Crippen molar-refractivity contribution in [2.75, 3.05) is 0 Å². The molecule has 44 valence electrons. The maximum absolute atomic E-state index is 12.1. The zero-order chi connectivity index (χ0) is 6.15. The van der Waals surface area contributed by atoms with Gasteiger partial charge >= 0.3 is 0 Å². The third kappa shape index (κ3) is 0.598. The van der Waals surface area contributed by atoms with Crippen molar-refractivity contribution in [3.63, 3.8) is 0 Å². The van der Waals surface area contributed by atoms with E-state index >= 15 is 0 Å².